The molecule has 1 saturated heterocycles. The van der Waals surface area contributed by atoms with Gasteiger partial charge < -0.3 is 14.6 Å². The summed E-state index contributed by atoms with van der Waals surface area (Å²) in [5.74, 6) is 2.20. The van der Waals surface area contributed by atoms with Crippen LogP contribution in [-0.4, -0.2) is 43.4 Å². The molecule has 1 N–H and O–H groups in total. The molecule has 0 spiro atoms. The van der Waals surface area contributed by atoms with Crippen molar-refractivity contribution in [2.24, 2.45) is 0 Å². The monoisotopic (exact) mass is 353 g/mol. The molecule has 2 aliphatic heterocycles. The maximum atomic E-state index is 8.96. The van der Waals surface area contributed by atoms with Crippen LogP contribution in [0.25, 0.3) is 0 Å². The first kappa shape index (κ1) is 17.4. The van der Waals surface area contributed by atoms with Crippen molar-refractivity contribution < 1.29 is 14.6 Å². The van der Waals surface area contributed by atoms with Gasteiger partial charge in [-0.05, 0) is 60.3 Å². The molecule has 0 aliphatic carbocycles. The van der Waals surface area contributed by atoms with Gasteiger partial charge in [0.25, 0.3) is 0 Å². The molecule has 4 heteroatoms. The highest BCUT2D eigenvalue weighted by molar-refractivity contribution is 5.47. The van der Waals surface area contributed by atoms with Crippen LogP contribution in [0.3, 0.4) is 0 Å². The maximum Gasteiger partial charge on any atom is 0.119 e. The van der Waals surface area contributed by atoms with E-state index in [4.69, 9.17) is 14.6 Å². The summed E-state index contributed by atoms with van der Waals surface area (Å²) in [5, 5.41) is 8.96. The van der Waals surface area contributed by atoms with Gasteiger partial charge in [0, 0.05) is 31.5 Å². The van der Waals surface area contributed by atoms with Gasteiger partial charge in [0.2, 0.25) is 0 Å². The lowest BCUT2D eigenvalue weighted by atomic mass is 9.81. The zero-order valence-corrected chi connectivity index (χ0v) is 15.4. The fourth-order valence-corrected chi connectivity index (χ4v) is 4.35. The Balaban J connectivity index is 1.66. The second-order valence-electron chi connectivity index (χ2n) is 7.20. The first-order valence-corrected chi connectivity index (χ1v) is 9.55. The molecule has 2 heterocycles. The van der Waals surface area contributed by atoms with Crippen LogP contribution in [0.1, 0.15) is 47.9 Å². The summed E-state index contributed by atoms with van der Waals surface area (Å²) < 4.78 is 11.2. The number of aliphatic hydroxyl groups is 1. The SMILES string of the molecule is COc1ccc(C2CN3CCCC3c3cc(OCCCO)ccc32)cc1. The van der Waals surface area contributed by atoms with Crippen molar-refractivity contribution in [1.82, 2.24) is 4.90 Å². The Kier molecular flexibility index (Phi) is 5.14. The highest BCUT2D eigenvalue weighted by Gasteiger charge is 2.36. The number of hydrogen-bond donors (Lipinski definition) is 1. The molecule has 138 valence electrons. The quantitative estimate of drug-likeness (QED) is 0.804. The molecule has 1 fully saturated rings. The fraction of sp³-hybridized carbons (Fsp3) is 0.455. The minimum Gasteiger partial charge on any atom is -0.497 e. The molecule has 0 radical (unpaired) electrons. The number of hydrogen-bond acceptors (Lipinski definition) is 4. The van der Waals surface area contributed by atoms with Crippen LogP contribution in [0.4, 0.5) is 0 Å². The van der Waals surface area contributed by atoms with Gasteiger partial charge in [0.05, 0.1) is 13.7 Å². The molecule has 2 aliphatic rings. The Hall–Kier alpha value is -2.04. The van der Waals surface area contributed by atoms with Crippen LogP contribution >= 0.6 is 0 Å². The number of ether oxygens (including phenoxy) is 2. The van der Waals surface area contributed by atoms with Gasteiger partial charge in [0.1, 0.15) is 11.5 Å². The Bertz CT molecular complexity index is 744. The number of rotatable bonds is 6. The smallest absolute Gasteiger partial charge is 0.119 e. The van der Waals surface area contributed by atoms with Crippen LogP contribution < -0.4 is 9.47 Å². The van der Waals surface area contributed by atoms with E-state index in [1.165, 1.54) is 36.1 Å². The van der Waals surface area contributed by atoms with E-state index < -0.39 is 0 Å². The normalized spacial score (nSPS) is 21.9. The summed E-state index contributed by atoms with van der Waals surface area (Å²) in [4.78, 5) is 2.62. The Labute approximate surface area is 155 Å². The second kappa shape index (κ2) is 7.68. The van der Waals surface area contributed by atoms with E-state index in [1.807, 2.05) is 0 Å². The van der Waals surface area contributed by atoms with Crippen molar-refractivity contribution >= 4 is 0 Å². The first-order chi connectivity index (χ1) is 12.8. The topological polar surface area (TPSA) is 41.9 Å². The number of fused-ring (bicyclic) bond motifs is 3. The lowest BCUT2D eigenvalue weighted by molar-refractivity contribution is 0.224. The van der Waals surface area contributed by atoms with Gasteiger partial charge in [-0.1, -0.05) is 18.2 Å². The van der Waals surface area contributed by atoms with E-state index in [0.29, 0.717) is 25.0 Å². The minimum absolute atomic E-state index is 0.168. The van der Waals surface area contributed by atoms with Gasteiger partial charge in [0.15, 0.2) is 0 Å². The molecular weight excluding hydrogens is 326 g/mol. The first-order valence-electron chi connectivity index (χ1n) is 9.55. The largest absolute Gasteiger partial charge is 0.497 e. The molecule has 26 heavy (non-hydrogen) atoms. The van der Waals surface area contributed by atoms with E-state index in [2.05, 4.69) is 47.4 Å². The van der Waals surface area contributed by atoms with Crippen molar-refractivity contribution in [3.05, 3.63) is 59.2 Å². The van der Waals surface area contributed by atoms with E-state index >= 15 is 0 Å². The predicted molar refractivity (Wildman–Crippen MR) is 102 cm³/mol. The van der Waals surface area contributed by atoms with Crippen molar-refractivity contribution in [3.8, 4) is 11.5 Å². The highest BCUT2D eigenvalue weighted by Crippen LogP contribution is 2.45. The average molecular weight is 353 g/mol. The van der Waals surface area contributed by atoms with Crippen LogP contribution in [0.15, 0.2) is 42.5 Å². The minimum atomic E-state index is 0.168. The third kappa shape index (κ3) is 3.31. The summed E-state index contributed by atoms with van der Waals surface area (Å²) in [6.07, 6.45) is 3.15. The van der Waals surface area contributed by atoms with Gasteiger partial charge in [-0.25, -0.2) is 0 Å². The molecule has 2 unspecified atom stereocenters. The third-order valence-electron chi connectivity index (χ3n) is 5.66. The molecule has 4 rings (SSSR count). The zero-order valence-electron chi connectivity index (χ0n) is 15.4. The van der Waals surface area contributed by atoms with E-state index in [1.54, 1.807) is 7.11 Å². The second-order valence-corrected chi connectivity index (χ2v) is 7.20. The van der Waals surface area contributed by atoms with Gasteiger partial charge in [-0.15, -0.1) is 0 Å². The average Bonchev–Trinajstić information content (AvgIpc) is 3.16. The molecule has 2 aromatic rings. The van der Waals surface area contributed by atoms with E-state index in [9.17, 15) is 0 Å². The van der Waals surface area contributed by atoms with Crippen molar-refractivity contribution in [3.63, 3.8) is 0 Å². The molecule has 0 aromatic heterocycles. The van der Waals surface area contributed by atoms with Gasteiger partial charge in [-0.2, -0.15) is 0 Å². The highest BCUT2D eigenvalue weighted by atomic mass is 16.5. The zero-order chi connectivity index (χ0) is 17.9. The van der Waals surface area contributed by atoms with Crippen LogP contribution in [-0.2, 0) is 0 Å². The summed E-state index contributed by atoms with van der Waals surface area (Å²) in [6.45, 7) is 2.98. The summed E-state index contributed by atoms with van der Waals surface area (Å²) in [5.41, 5.74) is 4.18. The number of aliphatic hydroxyl groups excluding tert-OH is 1. The molecule has 4 nitrogen and oxygen atoms in total. The van der Waals surface area contributed by atoms with Crippen molar-refractivity contribution in [1.29, 1.82) is 0 Å². The number of methoxy groups -OCH3 is 1. The standard InChI is InChI=1S/C22H27NO3/c1-25-17-7-5-16(6-8-17)21-15-23-11-2-4-22(23)20-14-18(9-10-19(20)21)26-13-3-12-24/h5-10,14,21-22,24H,2-4,11-13,15H2,1H3. The molecule has 0 bridgehead atoms. The third-order valence-corrected chi connectivity index (χ3v) is 5.66. The summed E-state index contributed by atoms with van der Waals surface area (Å²) in [6, 6.07) is 15.6. The molecule has 0 amide bonds. The number of nitrogens with zero attached hydrogens (tertiary/aromatic N) is 1. The lowest BCUT2D eigenvalue weighted by Gasteiger charge is -2.37. The molecule has 0 saturated carbocycles. The summed E-state index contributed by atoms with van der Waals surface area (Å²) in [7, 11) is 1.71. The Morgan fingerprint density at radius 2 is 1.88 bits per heavy atom. The Morgan fingerprint density at radius 3 is 2.65 bits per heavy atom. The van der Waals surface area contributed by atoms with Crippen LogP contribution in [0, 0.1) is 0 Å². The maximum absolute atomic E-state index is 8.96. The Morgan fingerprint density at radius 1 is 1.08 bits per heavy atom. The van der Waals surface area contributed by atoms with Gasteiger partial charge in [-0.3, -0.25) is 4.90 Å². The van der Waals surface area contributed by atoms with Crippen LogP contribution in [0.5, 0.6) is 11.5 Å². The van der Waals surface area contributed by atoms with Crippen molar-refractivity contribution in [2.75, 3.05) is 33.4 Å². The molecule has 2 aromatic carbocycles. The predicted octanol–water partition coefficient (Wildman–Crippen LogP) is 3.74. The van der Waals surface area contributed by atoms with Gasteiger partial charge >= 0.3 is 0 Å². The number of benzene rings is 2. The van der Waals surface area contributed by atoms with E-state index in [0.717, 1.165) is 18.0 Å². The fourth-order valence-electron chi connectivity index (χ4n) is 4.35. The van der Waals surface area contributed by atoms with E-state index in [-0.39, 0.29) is 6.61 Å². The lowest BCUT2D eigenvalue weighted by Crippen LogP contribution is -2.34. The molecule has 2 atom stereocenters. The molecular formula is C22H27NO3. The van der Waals surface area contributed by atoms with Crippen molar-refractivity contribution in [2.45, 2.75) is 31.2 Å². The summed E-state index contributed by atoms with van der Waals surface area (Å²) >= 11 is 0. The van der Waals surface area contributed by atoms with Crippen LogP contribution in [0.2, 0.25) is 0 Å².